The molecule has 0 unspecified atom stereocenters. The van der Waals surface area contributed by atoms with Crippen molar-refractivity contribution >= 4 is 11.7 Å². The highest BCUT2D eigenvalue weighted by Gasteiger charge is 2.13. The lowest BCUT2D eigenvalue weighted by Gasteiger charge is -2.20. The Morgan fingerprint density at radius 1 is 1.25 bits per heavy atom. The van der Waals surface area contributed by atoms with Crippen LogP contribution in [0.4, 0.5) is 5.82 Å². The zero-order valence-electron chi connectivity index (χ0n) is 15.2. The molecule has 2 aromatic rings. The van der Waals surface area contributed by atoms with Crippen LogP contribution in [0.5, 0.6) is 0 Å². The van der Waals surface area contributed by atoms with E-state index in [2.05, 4.69) is 60.4 Å². The second-order valence-electron chi connectivity index (χ2n) is 7.31. The molecule has 0 fully saturated rings. The number of hydrogen-bond donors (Lipinski definition) is 1. The van der Waals surface area contributed by atoms with Crippen LogP contribution >= 0.6 is 0 Å². The molecule has 1 aromatic carbocycles. The minimum Gasteiger partial charge on any atom is -0.360 e. The van der Waals surface area contributed by atoms with E-state index in [1.165, 1.54) is 11.1 Å². The van der Waals surface area contributed by atoms with Crippen molar-refractivity contribution in [2.24, 2.45) is 0 Å². The van der Waals surface area contributed by atoms with E-state index in [9.17, 15) is 4.79 Å². The molecule has 0 atom stereocenters. The molecular weight excluding hydrogens is 302 g/mol. The highest BCUT2D eigenvalue weighted by molar-refractivity contribution is 5.89. The largest absolute Gasteiger partial charge is 0.360 e. The monoisotopic (exact) mass is 329 g/mol. The van der Waals surface area contributed by atoms with Gasteiger partial charge in [0.25, 0.3) is 0 Å². The van der Waals surface area contributed by atoms with E-state index in [4.69, 9.17) is 4.52 Å². The zero-order chi connectivity index (χ0) is 17.7. The minimum atomic E-state index is -0.0572. The average Bonchev–Trinajstić information content (AvgIpc) is 2.90. The van der Waals surface area contributed by atoms with Crippen molar-refractivity contribution in [3.63, 3.8) is 0 Å². The molecule has 0 spiro atoms. The molecule has 1 N–H and O–H groups in total. The summed E-state index contributed by atoms with van der Waals surface area (Å²) >= 11 is 0. The molecule has 24 heavy (non-hydrogen) atoms. The molecule has 5 heteroatoms. The molecule has 2 rings (SSSR count). The van der Waals surface area contributed by atoms with Crippen LogP contribution in [0, 0.1) is 6.92 Å². The Labute approximate surface area is 144 Å². The topological polar surface area (TPSA) is 58.4 Å². The molecule has 1 heterocycles. The molecule has 130 valence electrons. The van der Waals surface area contributed by atoms with Gasteiger partial charge in [0, 0.05) is 25.6 Å². The quantitative estimate of drug-likeness (QED) is 0.877. The number of anilines is 1. The number of aromatic nitrogens is 1. The Balaban J connectivity index is 1.78. The van der Waals surface area contributed by atoms with Crippen LogP contribution in [0.2, 0.25) is 0 Å². The summed E-state index contributed by atoms with van der Waals surface area (Å²) < 4.78 is 4.93. The van der Waals surface area contributed by atoms with Crippen LogP contribution in [0.15, 0.2) is 34.9 Å². The highest BCUT2D eigenvalue weighted by atomic mass is 16.5. The van der Waals surface area contributed by atoms with E-state index >= 15 is 0 Å². The van der Waals surface area contributed by atoms with E-state index in [-0.39, 0.29) is 11.3 Å². The normalized spacial score (nSPS) is 11.8. The maximum atomic E-state index is 11.9. The van der Waals surface area contributed by atoms with Crippen molar-refractivity contribution in [1.29, 1.82) is 0 Å². The summed E-state index contributed by atoms with van der Waals surface area (Å²) in [5, 5.41) is 6.49. The first-order valence-electron chi connectivity index (χ1n) is 8.25. The van der Waals surface area contributed by atoms with Crippen LogP contribution in [0.3, 0.4) is 0 Å². The molecule has 0 saturated carbocycles. The van der Waals surface area contributed by atoms with Crippen molar-refractivity contribution in [3.05, 3.63) is 47.2 Å². The third kappa shape index (κ3) is 5.49. The number of aryl methyl sites for hydroxylation is 1. The Morgan fingerprint density at radius 2 is 1.92 bits per heavy atom. The molecule has 0 bridgehead atoms. The third-order valence-corrected chi connectivity index (χ3v) is 3.89. The van der Waals surface area contributed by atoms with E-state index < -0.39 is 0 Å². The van der Waals surface area contributed by atoms with E-state index in [0.717, 1.165) is 6.54 Å². The van der Waals surface area contributed by atoms with Crippen LogP contribution in [-0.2, 0) is 16.8 Å². The fourth-order valence-corrected chi connectivity index (χ4v) is 2.42. The first-order valence-corrected chi connectivity index (χ1v) is 8.25. The van der Waals surface area contributed by atoms with Gasteiger partial charge in [-0.05, 0) is 30.5 Å². The molecule has 1 amide bonds. The lowest BCUT2D eigenvalue weighted by molar-refractivity contribution is -0.116. The molecule has 0 aliphatic carbocycles. The van der Waals surface area contributed by atoms with Crippen molar-refractivity contribution in [2.45, 2.75) is 46.1 Å². The predicted molar refractivity (Wildman–Crippen MR) is 96.0 cm³/mol. The Morgan fingerprint density at radius 3 is 2.46 bits per heavy atom. The summed E-state index contributed by atoms with van der Waals surface area (Å²) in [6.07, 6.45) is 0.419. The molecule has 1 aromatic heterocycles. The van der Waals surface area contributed by atoms with Crippen LogP contribution < -0.4 is 5.32 Å². The third-order valence-electron chi connectivity index (χ3n) is 3.89. The van der Waals surface area contributed by atoms with Crippen molar-refractivity contribution in [1.82, 2.24) is 10.1 Å². The van der Waals surface area contributed by atoms with Gasteiger partial charge in [-0.3, -0.25) is 4.79 Å². The van der Waals surface area contributed by atoms with Crippen LogP contribution in [0.25, 0.3) is 0 Å². The van der Waals surface area contributed by atoms with Gasteiger partial charge in [0.05, 0.1) is 0 Å². The summed E-state index contributed by atoms with van der Waals surface area (Å²) in [5.41, 5.74) is 2.75. The number of nitrogens with one attached hydrogen (secondary N) is 1. The van der Waals surface area contributed by atoms with Gasteiger partial charge >= 0.3 is 0 Å². The first kappa shape index (κ1) is 18.2. The SMILES string of the molecule is Cc1cc(NC(=O)CCN(C)Cc2ccc(C(C)(C)C)cc2)no1. The van der Waals surface area contributed by atoms with Gasteiger partial charge in [0.15, 0.2) is 5.82 Å². The molecule has 0 aliphatic rings. The van der Waals surface area contributed by atoms with Gasteiger partial charge in [-0.15, -0.1) is 0 Å². The predicted octanol–water partition coefficient (Wildman–Crippen LogP) is 3.74. The second-order valence-corrected chi connectivity index (χ2v) is 7.31. The van der Waals surface area contributed by atoms with Gasteiger partial charge in [0.1, 0.15) is 5.76 Å². The fraction of sp³-hybridized carbons (Fsp3) is 0.474. The first-order chi connectivity index (χ1) is 11.2. The molecule has 0 radical (unpaired) electrons. The number of nitrogens with zero attached hydrogens (tertiary/aromatic N) is 2. The summed E-state index contributed by atoms with van der Waals surface area (Å²) in [7, 11) is 2.02. The minimum absolute atomic E-state index is 0.0572. The van der Waals surface area contributed by atoms with Crippen molar-refractivity contribution in [2.75, 3.05) is 18.9 Å². The Kier molecular flexibility index (Phi) is 5.78. The van der Waals surface area contributed by atoms with Crippen molar-refractivity contribution < 1.29 is 9.32 Å². The van der Waals surface area contributed by atoms with Crippen LogP contribution in [-0.4, -0.2) is 29.6 Å². The number of carbonyl (C=O) groups excluding carboxylic acids is 1. The molecule has 0 saturated heterocycles. The second kappa shape index (κ2) is 7.62. The fourth-order valence-electron chi connectivity index (χ4n) is 2.42. The number of benzene rings is 1. The van der Waals surface area contributed by atoms with E-state index in [1.807, 2.05) is 7.05 Å². The molecular formula is C19H27N3O2. The maximum absolute atomic E-state index is 11.9. The smallest absolute Gasteiger partial charge is 0.226 e. The number of amides is 1. The van der Waals surface area contributed by atoms with Gasteiger partial charge in [-0.2, -0.15) is 0 Å². The van der Waals surface area contributed by atoms with Crippen molar-refractivity contribution in [3.8, 4) is 0 Å². The Bertz CT molecular complexity index is 669. The lowest BCUT2D eigenvalue weighted by Crippen LogP contribution is -2.24. The zero-order valence-corrected chi connectivity index (χ0v) is 15.2. The van der Waals surface area contributed by atoms with Gasteiger partial charge < -0.3 is 14.7 Å². The lowest BCUT2D eigenvalue weighted by atomic mass is 9.87. The number of hydrogen-bond acceptors (Lipinski definition) is 4. The average molecular weight is 329 g/mol. The van der Waals surface area contributed by atoms with E-state index in [1.54, 1.807) is 13.0 Å². The van der Waals surface area contributed by atoms with Gasteiger partial charge in [-0.1, -0.05) is 50.2 Å². The summed E-state index contributed by atoms with van der Waals surface area (Å²) in [6, 6.07) is 10.4. The summed E-state index contributed by atoms with van der Waals surface area (Å²) in [6.45, 7) is 9.93. The highest BCUT2D eigenvalue weighted by Crippen LogP contribution is 2.22. The van der Waals surface area contributed by atoms with Crippen LogP contribution in [0.1, 0.15) is 44.1 Å². The standard InChI is InChI=1S/C19H27N3O2/c1-14-12-17(21-24-14)20-18(23)10-11-22(5)13-15-6-8-16(9-7-15)19(2,3)4/h6-9,12H,10-11,13H2,1-5H3,(H,20,21,23). The molecule has 5 nitrogen and oxygen atoms in total. The number of carbonyl (C=O) groups is 1. The summed E-state index contributed by atoms with van der Waals surface area (Å²) in [5.74, 6) is 1.09. The maximum Gasteiger partial charge on any atom is 0.226 e. The Hall–Kier alpha value is -2.14. The van der Waals surface area contributed by atoms with Gasteiger partial charge in [-0.25, -0.2) is 0 Å². The summed E-state index contributed by atoms with van der Waals surface area (Å²) in [4.78, 5) is 14.1. The molecule has 0 aliphatic heterocycles. The van der Waals surface area contributed by atoms with E-state index in [0.29, 0.717) is 24.5 Å². The van der Waals surface area contributed by atoms with Gasteiger partial charge in [0.2, 0.25) is 5.91 Å². The number of rotatable bonds is 6.